The van der Waals surface area contributed by atoms with Gasteiger partial charge in [0.2, 0.25) is 5.12 Å². The van der Waals surface area contributed by atoms with E-state index in [0.717, 1.165) is 32.0 Å². The zero-order chi connectivity index (χ0) is 24.1. The Labute approximate surface area is 185 Å². The molecule has 3 aliphatic heterocycles. The van der Waals surface area contributed by atoms with Crippen molar-refractivity contribution < 1.29 is 48.7 Å². The fourth-order valence-electron chi connectivity index (χ4n) is 3.51. The minimum atomic E-state index is -3.47. The molecule has 3 aliphatic rings. The van der Waals surface area contributed by atoms with Crippen molar-refractivity contribution in [3.8, 4) is 0 Å². The zero-order valence-electron chi connectivity index (χ0n) is 17.0. The van der Waals surface area contributed by atoms with Crippen molar-refractivity contribution in [2.45, 2.75) is 49.5 Å². The molecule has 0 bridgehead atoms. The van der Waals surface area contributed by atoms with Gasteiger partial charge in [-0.05, 0) is 0 Å². The SMILES string of the molecule is CC(=O)O[C@@]1(N2CN=C3C2=NC=NC3(N)Cl)O[C@H](CO)[C@](O)(OC(C)=O)[C@]1(O)OC(C)=O. The largest absolute Gasteiger partial charge is 0.423 e. The Hall–Kier alpha value is -2.69. The van der Waals surface area contributed by atoms with Crippen LogP contribution in [0.15, 0.2) is 15.0 Å². The molecule has 32 heavy (non-hydrogen) atoms. The standard InChI is InChI=1S/C16H20ClN5O10/c1-7(24)29-13(27)10(4-23)32-16(31-9(3)26,15(13,28)30-8(2)25)22-6-20-11-12(22)19-5-21-14(11,17)18/h5,10,23,27-28H,4,6,18H2,1-3H3/t10-,13+,14?,15+,16-/m1/s1. The summed E-state index contributed by atoms with van der Waals surface area (Å²) in [5.74, 6) is -13.4. The lowest BCUT2D eigenvalue weighted by Crippen LogP contribution is -2.74. The fraction of sp³-hybridized carbons (Fsp3) is 0.625. The number of fused-ring (bicyclic) bond motifs is 1. The van der Waals surface area contributed by atoms with Crippen LogP contribution in [-0.4, -0.2) is 98.0 Å². The van der Waals surface area contributed by atoms with Crippen LogP contribution in [0.3, 0.4) is 0 Å². The van der Waals surface area contributed by atoms with Gasteiger partial charge in [0.1, 0.15) is 18.7 Å². The lowest BCUT2D eigenvalue weighted by atomic mass is 9.98. The molecule has 0 aromatic heterocycles. The number of esters is 3. The van der Waals surface area contributed by atoms with Crippen LogP contribution in [-0.2, 0) is 33.3 Å². The number of halogens is 1. The van der Waals surface area contributed by atoms with Crippen molar-refractivity contribution in [3.63, 3.8) is 0 Å². The first-order valence-corrected chi connectivity index (χ1v) is 9.36. The maximum Gasteiger partial charge on any atom is 0.376 e. The van der Waals surface area contributed by atoms with Gasteiger partial charge in [-0.2, -0.15) is 0 Å². The highest BCUT2D eigenvalue weighted by Crippen LogP contribution is 2.52. The molecule has 0 saturated carbocycles. The molecular weight excluding hydrogens is 458 g/mol. The van der Waals surface area contributed by atoms with E-state index in [-0.39, 0.29) is 11.5 Å². The van der Waals surface area contributed by atoms with E-state index in [1.165, 1.54) is 0 Å². The Kier molecular flexibility index (Phi) is 5.78. The van der Waals surface area contributed by atoms with Crippen molar-refractivity contribution in [1.29, 1.82) is 0 Å². The molecule has 16 heteroatoms. The minimum absolute atomic E-state index is 0.148. The maximum absolute atomic E-state index is 12.1. The summed E-state index contributed by atoms with van der Waals surface area (Å²) in [6.45, 7) is 1.00. The first-order valence-electron chi connectivity index (χ1n) is 8.98. The zero-order valence-corrected chi connectivity index (χ0v) is 17.8. The molecule has 176 valence electrons. The molecule has 1 fully saturated rings. The Bertz CT molecular complexity index is 953. The Morgan fingerprint density at radius 3 is 2.34 bits per heavy atom. The third kappa shape index (κ3) is 3.33. The van der Waals surface area contributed by atoms with Crippen molar-refractivity contribution >= 4 is 47.4 Å². The molecule has 1 saturated heterocycles. The Morgan fingerprint density at radius 1 is 1.22 bits per heavy atom. The van der Waals surface area contributed by atoms with Gasteiger partial charge < -0.3 is 34.3 Å². The van der Waals surface area contributed by atoms with Crippen LogP contribution in [0.4, 0.5) is 0 Å². The molecular formula is C16H20ClN5O10. The normalized spacial score (nSPS) is 38.0. The predicted molar refractivity (Wildman–Crippen MR) is 103 cm³/mol. The van der Waals surface area contributed by atoms with Gasteiger partial charge in [0.05, 0.1) is 6.61 Å². The van der Waals surface area contributed by atoms with Gasteiger partial charge in [-0.1, -0.05) is 11.6 Å². The van der Waals surface area contributed by atoms with E-state index in [4.69, 9.17) is 36.3 Å². The van der Waals surface area contributed by atoms with E-state index in [0.29, 0.717) is 0 Å². The Balaban J connectivity index is 2.26. The number of aliphatic imine (C=N–C) groups is 3. The molecule has 5 N–H and O–H groups in total. The summed E-state index contributed by atoms with van der Waals surface area (Å²) in [6, 6.07) is 0. The number of aliphatic hydroxyl groups is 3. The number of nitrogens with zero attached hydrogens (tertiary/aromatic N) is 4. The molecule has 1 unspecified atom stereocenters. The van der Waals surface area contributed by atoms with Crippen molar-refractivity contribution in [2.24, 2.45) is 20.7 Å². The van der Waals surface area contributed by atoms with Gasteiger partial charge in [0.15, 0.2) is 11.9 Å². The van der Waals surface area contributed by atoms with Crippen LogP contribution in [0, 0.1) is 0 Å². The highest BCUT2D eigenvalue weighted by Gasteiger charge is 2.84. The van der Waals surface area contributed by atoms with E-state index in [9.17, 15) is 29.7 Å². The molecule has 0 aromatic rings. The van der Waals surface area contributed by atoms with Crippen LogP contribution >= 0.6 is 11.6 Å². The van der Waals surface area contributed by atoms with Gasteiger partial charge in [0, 0.05) is 20.8 Å². The molecule has 3 rings (SSSR count). The number of hydrogen-bond donors (Lipinski definition) is 4. The average molecular weight is 478 g/mol. The number of alkyl halides is 1. The maximum atomic E-state index is 12.1. The van der Waals surface area contributed by atoms with Gasteiger partial charge in [0.25, 0.3) is 0 Å². The topological polar surface area (TPSA) is 215 Å². The third-order valence-electron chi connectivity index (χ3n) is 4.64. The lowest BCUT2D eigenvalue weighted by molar-refractivity contribution is -0.421. The number of amidine groups is 1. The van der Waals surface area contributed by atoms with E-state index in [2.05, 4.69) is 15.0 Å². The monoisotopic (exact) mass is 477 g/mol. The number of nitrogens with two attached hydrogens (primary N) is 1. The molecule has 0 spiro atoms. The van der Waals surface area contributed by atoms with Crippen molar-refractivity contribution in [3.05, 3.63) is 0 Å². The number of ether oxygens (including phenoxy) is 4. The second-order valence-electron chi connectivity index (χ2n) is 6.94. The summed E-state index contributed by atoms with van der Waals surface area (Å²) < 4.78 is 20.5. The summed E-state index contributed by atoms with van der Waals surface area (Å²) in [7, 11) is 0. The number of hydrogen-bond acceptors (Lipinski definition) is 15. The minimum Gasteiger partial charge on any atom is -0.423 e. The molecule has 0 aliphatic carbocycles. The fourth-order valence-corrected chi connectivity index (χ4v) is 3.70. The molecule has 5 atom stereocenters. The second-order valence-corrected chi connectivity index (χ2v) is 7.52. The number of rotatable bonds is 5. The van der Waals surface area contributed by atoms with Gasteiger partial charge >= 0.3 is 35.4 Å². The first kappa shape index (κ1) is 24.0. The van der Waals surface area contributed by atoms with Crippen molar-refractivity contribution in [1.82, 2.24) is 4.90 Å². The molecule has 0 amide bonds. The Morgan fingerprint density at radius 2 is 1.81 bits per heavy atom. The number of aliphatic hydroxyl groups excluding tert-OH is 1. The van der Waals surface area contributed by atoms with Gasteiger partial charge in [-0.15, -0.1) is 0 Å². The average Bonchev–Trinajstić information content (AvgIpc) is 3.14. The molecule has 15 nitrogen and oxygen atoms in total. The molecule has 0 aromatic carbocycles. The van der Waals surface area contributed by atoms with Crippen LogP contribution in [0.25, 0.3) is 0 Å². The molecule has 3 heterocycles. The van der Waals surface area contributed by atoms with Gasteiger partial charge in [-0.3, -0.25) is 30.0 Å². The number of carbonyl (C=O) groups is 3. The van der Waals surface area contributed by atoms with Crippen LogP contribution in [0.5, 0.6) is 0 Å². The summed E-state index contributed by atoms with van der Waals surface area (Å²) in [4.78, 5) is 48.3. The quantitative estimate of drug-likeness (QED) is 0.103. The van der Waals surface area contributed by atoms with Gasteiger partial charge in [-0.25, -0.2) is 9.98 Å². The van der Waals surface area contributed by atoms with E-state index >= 15 is 0 Å². The highest BCUT2D eigenvalue weighted by molar-refractivity contribution is 6.56. The molecule has 0 radical (unpaired) electrons. The summed E-state index contributed by atoms with van der Waals surface area (Å²) in [6.07, 6.45) is -1.04. The van der Waals surface area contributed by atoms with E-state index in [1.807, 2.05) is 0 Å². The van der Waals surface area contributed by atoms with E-state index < -0.39 is 59.9 Å². The van der Waals surface area contributed by atoms with Crippen molar-refractivity contribution in [2.75, 3.05) is 13.3 Å². The van der Waals surface area contributed by atoms with Crippen LogP contribution in [0.1, 0.15) is 20.8 Å². The second kappa shape index (κ2) is 7.72. The first-order chi connectivity index (χ1) is 14.7. The summed E-state index contributed by atoms with van der Waals surface area (Å²) in [5, 5.41) is 30.6. The summed E-state index contributed by atoms with van der Waals surface area (Å²) in [5.41, 5.74) is 5.72. The highest BCUT2D eigenvalue weighted by atomic mass is 35.5. The lowest BCUT2D eigenvalue weighted by Gasteiger charge is -2.45. The summed E-state index contributed by atoms with van der Waals surface area (Å²) >= 11 is 6.12. The predicted octanol–water partition coefficient (Wildman–Crippen LogP) is -2.90. The van der Waals surface area contributed by atoms with E-state index in [1.54, 1.807) is 0 Å². The van der Waals surface area contributed by atoms with Crippen LogP contribution in [0.2, 0.25) is 0 Å². The number of carbonyl (C=O) groups excluding carboxylic acids is 3. The third-order valence-corrected chi connectivity index (χ3v) is 4.92. The van der Waals surface area contributed by atoms with Crippen LogP contribution < -0.4 is 5.73 Å². The smallest absolute Gasteiger partial charge is 0.376 e.